The number of carbonyl (C=O) groups is 1. The summed E-state index contributed by atoms with van der Waals surface area (Å²) in [6, 6.07) is 0. The van der Waals surface area contributed by atoms with Gasteiger partial charge in [-0.25, -0.2) is 4.57 Å². The molecule has 308 valence electrons. The minimum atomic E-state index is -4.29. The molecule has 0 bridgehead atoms. The lowest BCUT2D eigenvalue weighted by Gasteiger charge is -2.19. The van der Waals surface area contributed by atoms with Crippen LogP contribution in [0.15, 0.2) is 24.5 Å². The van der Waals surface area contributed by atoms with E-state index >= 15 is 0 Å². The highest BCUT2D eigenvalue weighted by Gasteiger charge is 2.25. The normalized spacial score (nSPS) is 13.6. The molecule has 52 heavy (non-hydrogen) atoms. The average Bonchev–Trinajstić information content (AvgIpc) is 3.13. The molecule has 0 fully saturated rings. The van der Waals surface area contributed by atoms with Crippen LogP contribution in [0.25, 0.3) is 0 Å². The van der Waals surface area contributed by atoms with E-state index in [1.165, 1.54) is 154 Å². The van der Waals surface area contributed by atoms with Gasteiger partial charge in [0.05, 0.1) is 19.5 Å². The Balaban J connectivity index is 4.06. The third-order valence-electron chi connectivity index (χ3n) is 9.44. The van der Waals surface area contributed by atoms with Gasteiger partial charge in [-0.1, -0.05) is 174 Å². The van der Waals surface area contributed by atoms with Crippen LogP contribution in [0.5, 0.6) is 0 Å². The van der Waals surface area contributed by atoms with Gasteiger partial charge in [0.15, 0.2) is 6.10 Å². The molecule has 0 aliphatic carbocycles. The highest BCUT2D eigenvalue weighted by Crippen LogP contribution is 2.43. The molecule has 0 spiro atoms. The van der Waals surface area contributed by atoms with Gasteiger partial charge in [-0.2, -0.15) is 0 Å². The maximum Gasteiger partial charge on any atom is 0.472 e. The molecule has 0 amide bonds. The van der Waals surface area contributed by atoms with Crippen molar-refractivity contribution in [3.05, 3.63) is 24.5 Å². The Morgan fingerprint density at radius 2 is 0.981 bits per heavy atom. The van der Waals surface area contributed by atoms with Crippen LogP contribution in [0.4, 0.5) is 0 Å². The molecule has 1 unspecified atom stereocenters. The predicted molar refractivity (Wildman–Crippen MR) is 219 cm³/mol. The van der Waals surface area contributed by atoms with Crippen molar-refractivity contribution in [3.63, 3.8) is 0 Å². The minimum absolute atomic E-state index is 0.0310. The molecule has 9 heteroatoms. The van der Waals surface area contributed by atoms with Gasteiger partial charge in [0.25, 0.3) is 0 Å². The number of carbonyl (C=O) groups excluding carboxylic acids is 1. The summed E-state index contributed by atoms with van der Waals surface area (Å²) in [6.45, 7) is 4.25. The number of hydrogen-bond acceptors (Lipinski definition) is 7. The van der Waals surface area contributed by atoms with E-state index in [0.717, 1.165) is 38.5 Å². The molecule has 0 aromatic heterocycles. The van der Waals surface area contributed by atoms with Gasteiger partial charge >= 0.3 is 13.8 Å². The zero-order valence-corrected chi connectivity index (χ0v) is 35.0. The number of esters is 1. The fourth-order valence-corrected chi connectivity index (χ4v) is 6.96. The van der Waals surface area contributed by atoms with Crippen LogP contribution in [0.2, 0.25) is 0 Å². The van der Waals surface area contributed by atoms with Gasteiger partial charge in [-0.15, -0.1) is 0 Å². The van der Waals surface area contributed by atoms with Crippen molar-refractivity contribution in [1.82, 2.24) is 0 Å². The Bertz CT molecular complexity index is 853. The molecule has 0 aliphatic rings. The second-order valence-electron chi connectivity index (χ2n) is 14.6. The van der Waals surface area contributed by atoms with E-state index in [4.69, 9.17) is 24.3 Å². The van der Waals surface area contributed by atoms with E-state index in [1.807, 2.05) is 6.08 Å². The van der Waals surface area contributed by atoms with E-state index in [0.29, 0.717) is 6.42 Å². The van der Waals surface area contributed by atoms with Crippen LogP contribution in [0.3, 0.4) is 0 Å². The van der Waals surface area contributed by atoms with Crippen molar-refractivity contribution >= 4 is 13.8 Å². The standard InChI is InChI=1S/C43H84NO7P/c1-3-5-7-9-11-13-15-17-19-21-22-24-26-28-30-32-34-36-43(45)51-42(41-50-52(46,47)49-39-37-44)40-48-38-35-33-31-29-27-25-23-20-18-16-14-12-10-8-6-4-2/h18,20,35,38,42H,3-17,19,21-34,36-37,39-41,44H2,1-2H3,(H,46,47)/b20-18-,38-35-/t42-/m1/s1. The summed E-state index contributed by atoms with van der Waals surface area (Å²) in [6.07, 6.45) is 45.7. The minimum Gasteiger partial charge on any atom is -0.498 e. The lowest BCUT2D eigenvalue weighted by Crippen LogP contribution is -2.27. The van der Waals surface area contributed by atoms with Crippen molar-refractivity contribution in [2.24, 2.45) is 5.73 Å². The van der Waals surface area contributed by atoms with Crippen molar-refractivity contribution in [1.29, 1.82) is 0 Å². The summed E-state index contributed by atoms with van der Waals surface area (Å²) in [5.41, 5.74) is 5.36. The molecule has 0 saturated heterocycles. The molecular formula is C43H84NO7P. The van der Waals surface area contributed by atoms with Crippen LogP contribution in [0, 0.1) is 0 Å². The first-order valence-electron chi connectivity index (χ1n) is 21.9. The van der Waals surface area contributed by atoms with E-state index < -0.39 is 13.9 Å². The zero-order valence-electron chi connectivity index (χ0n) is 34.1. The summed E-state index contributed by atoms with van der Waals surface area (Å²) >= 11 is 0. The topological polar surface area (TPSA) is 117 Å². The summed E-state index contributed by atoms with van der Waals surface area (Å²) in [5.74, 6) is -0.352. The quantitative estimate of drug-likeness (QED) is 0.0208. The monoisotopic (exact) mass is 758 g/mol. The Morgan fingerprint density at radius 3 is 1.42 bits per heavy atom. The lowest BCUT2D eigenvalue weighted by atomic mass is 10.0. The number of nitrogens with two attached hydrogens (primary N) is 1. The van der Waals surface area contributed by atoms with E-state index in [2.05, 4.69) is 26.0 Å². The van der Waals surface area contributed by atoms with Gasteiger partial charge in [0.1, 0.15) is 6.61 Å². The molecule has 0 heterocycles. The average molecular weight is 758 g/mol. The summed E-state index contributed by atoms with van der Waals surface area (Å²) in [5, 5.41) is 0. The van der Waals surface area contributed by atoms with Crippen LogP contribution in [-0.4, -0.2) is 43.3 Å². The van der Waals surface area contributed by atoms with Gasteiger partial charge in [-0.3, -0.25) is 13.8 Å². The largest absolute Gasteiger partial charge is 0.498 e. The Kier molecular flexibility index (Phi) is 40.1. The Hall–Kier alpha value is -1.18. The fourth-order valence-electron chi connectivity index (χ4n) is 6.19. The highest BCUT2D eigenvalue weighted by molar-refractivity contribution is 7.47. The molecular weight excluding hydrogens is 673 g/mol. The Morgan fingerprint density at radius 1 is 0.577 bits per heavy atom. The molecule has 3 N–H and O–H groups in total. The third kappa shape index (κ3) is 40.0. The van der Waals surface area contributed by atoms with E-state index in [9.17, 15) is 14.3 Å². The first kappa shape index (κ1) is 50.8. The first-order chi connectivity index (χ1) is 25.4. The molecule has 0 aromatic rings. The van der Waals surface area contributed by atoms with Gasteiger partial charge in [0, 0.05) is 13.0 Å². The number of rotatable bonds is 42. The van der Waals surface area contributed by atoms with Crippen LogP contribution in [-0.2, 0) is 27.9 Å². The van der Waals surface area contributed by atoms with Crippen molar-refractivity contribution in [3.8, 4) is 0 Å². The summed E-state index contributed by atoms with van der Waals surface area (Å²) in [4.78, 5) is 22.4. The number of phosphoric ester groups is 1. The number of unbranched alkanes of at least 4 members (excludes halogenated alkanes) is 27. The molecule has 0 aromatic carbocycles. The van der Waals surface area contributed by atoms with Crippen LogP contribution >= 0.6 is 7.82 Å². The molecule has 0 rings (SSSR count). The van der Waals surface area contributed by atoms with Gasteiger partial charge < -0.3 is 20.1 Å². The maximum absolute atomic E-state index is 12.6. The second kappa shape index (κ2) is 41.0. The number of phosphoric acid groups is 1. The number of allylic oxidation sites excluding steroid dienone is 3. The van der Waals surface area contributed by atoms with Crippen molar-refractivity contribution in [2.45, 2.75) is 219 Å². The summed E-state index contributed by atoms with van der Waals surface area (Å²) < 4.78 is 33.2. The second-order valence-corrected chi connectivity index (χ2v) is 16.1. The van der Waals surface area contributed by atoms with Crippen molar-refractivity contribution in [2.75, 3.05) is 26.4 Å². The van der Waals surface area contributed by atoms with E-state index in [-0.39, 0.29) is 32.3 Å². The molecule has 0 aliphatic heterocycles. The van der Waals surface area contributed by atoms with Gasteiger partial charge in [-0.05, 0) is 51.0 Å². The molecule has 8 nitrogen and oxygen atoms in total. The molecule has 0 saturated carbocycles. The van der Waals surface area contributed by atoms with Crippen molar-refractivity contribution < 1.29 is 32.8 Å². The predicted octanol–water partition coefficient (Wildman–Crippen LogP) is 13.2. The first-order valence-corrected chi connectivity index (χ1v) is 23.4. The van der Waals surface area contributed by atoms with Crippen LogP contribution in [0.1, 0.15) is 213 Å². The van der Waals surface area contributed by atoms with Gasteiger partial charge in [0.2, 0.25) is 0 Å². The molecule has 0 radical (unpaired) electrons. The Labute approximate surface area is 321 Å². The van der Waals surface area contributed by atoms with Crippen LogP contribution < -0.4 is 5.73 Å². The maximum atomic E-state index is 12.6. The van der Waals surface area contributed by atoms with E-state index in [1.54, 1.807) is 6.26 Å². The molecule has 2 atom stereocenters. The summed E-state index contributed by atoms with van der Waals surface area (Å²) in [7, 11) is -4.29. The number of ether oxygens (including phenoxy) is 2. The number of hydrogen-bond donors (Lipinski definition) is 2. The highest BCUT2D eigenvalue weighted by atomic mass is 31.2. The third-order valence-corrected chi connectivity index (χ3v) is 10.4. The fraction of sp³-hybridized carbons (Fsp3) is 0.884. The SMILES string of the molecule is CCCCCCCC/C=C\CCCCCC/C=C\OC[C@H](COP(=O)(O)OCCN)OC(=O)CCCCCCCCCCCCCCCCCCC. The lowest BCUT2D eigenvalue weighted by molar-refractivity contribution is -0.153. The zero-order chi connectivity index (χ0) is 38.1. The smallest absolute Gasteiger partial charge is 0.472 e.